The van der Waals surface area contributed by atoms with Gasteiger partial charge in [0.2, 0.25) is 6.39 Å². The number of aromatic nitrogens is 5. The number of rotatable bonds is 3. The summed E-state index contributed by atoms with van der Waals surface area (Å²) in [7, 11) is 0. The Balaban J connectivity index is 2.35. The van der Waals surface area contributed by atoms with Crippen molar-refractivity contribution in [1.82, 2.24) is 24.9 Å². The van der Waals surface area contributed by atoms with Crippen molar-refractivity contribution < 1.29 is 4.52 Å². The van der Waals surface area contributed by atoms with Crippen LogP contribution >= 0.6 is 12.2 Å². The zero-order valence-electron chi connectivity index (χ0n) is 8.47. The Bertz CT molecular complexity index is 483. The summed E-state index contributed by atoms with van der Waals surface area (Å²) in [5.41, 5.74) is 0. The molecular formula is C8H11N5OS. The lowest BCUT2D eigenvalue weighted by molar-refractivity contribution is 0.407. The summed E-state index contributed by atoms with van der Waals surface area (Å²) in [6.07, 6.45) is 1.30. The van der Waals surface area contributed by atoms with Gasteiger partial charge in [-0.2, -0.15) is 10.1 Å². The van der Waals surface area contributed by atoms with Gasteiger partial charge in [-0.1, -0.05) is 19.0 Å². The first kappa shape index (κ1) is 10.0. The molecule has 1 N–H and O–H groups in total. The molecule has 15 heavy (non-hydrogen) atoms. The molecule has 0 amide bonds. The van der Waals surface area contributed by atoms with E-state index in [1.54, 1.807) is 0 Å². The van der Waals surface area contributed by atoms with Crippen molar-refractivity contribution in [3.8, 4) is 0 Å². The first-order valence-electron chi connectivity index (χ1n) is 4.59. The molecule has 0 aliphatic carbocycles. The largest absolute Gasteiger partial charge is 0.343 e. The molecule has 0 saturated carbocycles. The molecule has 0 radical (unpaired) electrons. The van der Waals surface area contributed by atoms with E-state index in [4.69, 9.17) is 12.2 Å². The molecule has 80 valence electrons. The van der Waals surface area contributed by atoms with Crippen LogP contribution in [0.2, 0.25) is 0 Å². The van der Waals surface area contributed by atoms with Gasteiger partial charge in [0.25, 0.3) is 0 Å². The van der Waals surface area contributed by atoms with Crippen molar-refractivity contribution >= 4 is 12.2 Å². The van der Waals surface area contributed by atoms with Crippen molar-refractivity contribution in [3.05, 3.63) is 22.8 Å². The molecule has 0 aliphatic heterocycles. The van der Waals surface area contributed by atoms with Crippen LogP contribution in [-0.4, -0.2) is 24.9 Å². The molecule has 0 unspecified atom stereocenters. The van der Waals surface area contributed by atoms with Gasteiger partial charge in [0.15, 0.2) is 10.6 Å². The minimum Gasteiger partial charge on any atom is -0.343 e. The highest BCUT2D eigenvalue weighted by atomic mass is 32.1. The van der Waals surface area contributed by atoms with Gasteiger partial charge in [0, 0.05) is 5.92 Å². The molecule has 2 rings (SSSR count). The standard InChI is InChI=1S/C8H11N5OS/c1-5(2)7-10-11-8(15)13(7)3-6-9-4-14-12-6/h4-5H,3H2,1-2H3,(H,11,15). The van der Waals surface area contributed by atoms with Crippen molar-refractivity contribution in [1.29, 1.82) is 0 Å². The van der Waals surface area contributed by atoms with E-state index in [0.717, 1.165) is 5.82 Å². The van der Waals surface area contributed by atoms with Crippen LogP contribution < -0.4 is 0 Å². The van der Waals surface area contributed by atoms with Crippen LogP contribution in [0.25, 0.3) is 0 Å². The third kappa shape index (κ3) is 1.96. The van der Waals surface area contributed by atoms with E-state index >= 15 is 0 Å². The van der Waals surface area contributed by atoms with E-state index in [1.165, 1.54) is 6.39 Å². The second-order valence-electron chi connectivity index (χ2n) is 3.48. The Hall–Kier alpha value is -1.50. The fourth-order valence-corrected chi connectivity index (χ4v) is 1.53. The first-order valence-corrected chi connectivity index (χ1v) is 4.99. The lowest BCUT2D eigenvalue weighted by Gasteiger charge is -2.05. The third-order valence-electron chi connectivity index (χ3n) is 2.01. The van der Waals surface area contributed by atoms with Crippen molar-refractivity contribution in [2.45, 2.75) is 26.3 Å². The first-order chi connectivity index (χ1) is 7.18. The minimum absolute atomic E-state index is 0.296. The summed E-state index contributed by atoms with van der Waals surface area (Å²) in [6.45, 7) is 4.59. The van der Waals surface area contributed by atoms with Crippen LogP contribution in [0.4, 0.5) is 0 Å². The highest BCUT2D eigenvalue weighted by Gasteiger charge is 2.11. The quantitative estimate of drug-likeness (QED) is 0.801. The monoisotopic (exact) mass is 225 g/mol. The Kier molecular flexibility index (Phi) is 2.63. The van der Waals surface area contributed by atoms with Crippen molar-refractivity contribution in [2.24, 2.45) is 0 Å². The van der Waals surface area contributed by atoms with E-state index in [0.29, 0.717) is 23.1 Å². The van der Waals surface area contributed by atoms with Gasteiger partial charge in [-0.15, -0.1) is 0 Å². The summed E-state index contributed by atoms with van der Waals surface area (Å²) in [6, 6.07) is 0. The molecule has 0 aliphatic rings. The topological polar surface area (TPSA) is 72.5 Å². The summed E-state index contributed by atoms with van der Waals surface area (Å²) in [5, 5.41) is 10.7. The van der Waals surface area contributed by atoms with Gasteiger partial charge in [-0.05, 0) is 12.2 Å². The number of aromatic amines is 1. The molecule has 0 saturated heterocycles. The second-order valence-corrected chi connectivity index (χ2v) is 3.86. The van der Waals surface area contributed by atoms with Gasteiger partial charge in [0.05, 0.1) is 6.54 Å². The summed E-state index contributed by atoms with van der Waals surface area (Å²) in [5.74, 6) is 1.78. The van der Waals surface area contributed by atoms with Crippen LogP contribution in [0.1, 0.15) is 31.4 Å². The van der Waals surface area contributed by atoms with Crippen molar-refractivity contribution in [2.75, 3.05) is 0 Å². The molecule has 0 spiro atoms. The van der Waals surface area contributed by atoms with Gasteiger partial charge in [-0.25, -0.2) is 0 Å². The fraction of sp³-hybridized carbons (Fsp3) is 0.500. The lowest BCUT2D eigenvalue weighted by atomic mass is 10.2. The summed E-state index contributed by atoms with van der Waals surface area (Å²) >= 11 is 5.12. The molecule has 0 aromatic carbocycles. The van der Waals surface area contributed by atoms with E-state index in [1.807, 2.05) is 4.57 Å². The van der Waals surface area contributed by atoms with Crippen LogP contribution in [0.15, 0.2) is 10.9 Å². The van der Waals surface area contributed by atoms with Crippen LogP contribution in [-0.2, 0) is 6.54 Å². The molecular weight excluding hydrogens is 214 g/mol. The average molecular weight is 225 g/mol. The zero-order chi connectivity index (χ0) is 10.8. The van der Waals surface area contributed by atoms with Crippen molar-refractivity contribution in [3.63, 3.8) is 0 Å². The molecule has 0 atom stereocenters. The highest BCUT2D eigenvalue weighted by molar-refractivity contribution is 7.71. The Labute approximate surface area is 91.3 Å². The van der Waals surface area contributed by atoms with E-state index in [2.05, 4.69) is 38.7 Å². The zero-order valence-corrected chi connectivity index (χ0v) is 9.28. The predicted molar refractivity (Wildman–Crippen MR) is 54.9 cm³/mol. The number of H-pyrrole nitrogens is 1. The SMILES string of the molecule is CC(C)c1n[nH]c(=S)n1Cc1ncon1. The van der Waals surface area contributed by atoms with Crippen LogP contribution in [0, 0.1) is 4.77 Å². The smallest absolute Gasteiger partial charge is 0.213 e. The van der Waals surface area contributed by atoms with E-state index in [9.17, 15) is 0 Å². The number of nitrogens with one attached hydrogen (secondary N) is 1. The molecule has 0 bridgehead atoms. The molecule has 2 aromatic heterocycles. The number of hydrogen-bond donors (Lipinski definition) is 1. The average Bonchev–Trinajstić information content (AvgIpc) is 2.78. The summed E-state index contributed by atoms with van der Waals surface area (Å²) in [4.78, 5) is 3.95. The maximum Gasteiger partial charge on any atom is 0.213 e. The Morgan fingerprint density at radius 3 is 3.00 bits per heavy atom. The molecule has 7 heteroatoms. The summed E-state index contributed by atoms with van der Waals surface area (Å²) < 4.78 is 7.10. The van der Waals surface area contributed by atoms with Crippen LogP contribution in [0.3, 0.4) is 0 Å². The fourth-order valence-electron chi connectivity index (χ4n) is 1.33. The Morgan fingerprint density at radius 2 is 2.40 bits per heavy atom. The molecule has 2 heterocycles. The highest BCUT2D eigenvalue weighted by Crippen LogP contribution is 2.12. The minimum atomic E-state index is 0.296. The maximum atomic E-state index is 5.12. The maximum absolute atomic E-state index is 5.12. The Morgan fingerprint density at radius 1 is 1.60 bits per heavy atom. The van der Waals surface area contributed by atoms with E-state index < -0.39 is 0 Å². The number of nitrogens with zero attached hydrogens (tertiary/aromatic N) is 4. The molecule has 2 aromatic rings. The molecule has 6 nitrogen and oxygen atoms in total. The lowest BCUT2D eigenvalue weighted by Crippen LogP contribution is -2.07. The third-order valence-corrected chi connectivity index (χ3v) is 2.32. The van der Waals surface area contributed by atoms with Gasteiger partial charge >= 0.3 is 0 Å². The number of hydrogen-bond acceptors (Lipinski definition) is 5. The van der Waals surface area contributed by atoms with Gasteiger partial charge in [0.1, 0.15) is 5.82 Å². The van der Waals surface area contributed by atoms with Crippen LogP contribution in [0.5, 0.6) is 0 Å². The van der Waals surface area contributed by atoms with Gasteiger partial charge in [-0.3, -0.25) is 9.67 Å². The molecule has 0 fully saturated rings. The second kappa shape index (κ2) is 3.93. The van der Waals surface area contributed by atoms with Gasteiger partial charge < -0.3 is 4.52 Å². The normalized spacial score (nSPS) is 11.1. The predicted octanol–water partition coefficient (Wildman–Crippen LogP) is 1.50. The van der Waals surface area contributed by atoms with E-state index in [-0.39, 0.29) is 0 Å².